The maximum absolute atomic E-state index is 11.8. The van der Waals surface area contributed by atoms with Crippen molar-refractivity contribution in [3.05, 3.63) is 52.2 Å². The Balaban J connectivity index is 1.76. The van der Waals surface area contributed by atoms with E-state index in [1.807, 2.05) is 41.8 Å². The quantitative estimate of drug-likeness (QED) is 0.729. The maximum Gasteiger partial charge on any atom is 0.315 e. The summed E-state index contributed by atoms with van der Waals surface area (Å²) in [5.74, 6) is 0.777. The van der Waals surface area contributed by atoms with Crippen LogP contribution in [0.2, 0.25) is 0 Å². The second-order valence-electron chi connectivity index (χ2n) is 5.64. The number of benzene rings is 1. The lowest BCUT2D eigenvalue weighted by molar-refractivity contribution is 0.0624. The smallest absolute Gasteiger partial charge is 0.315 e. The molecule has 0 saturated carbocycles. The summed E-state index contributed by atoms with van der Waals surface area (Å²) in [4.78, 5) is 12.9. The summed E-state index contributed by atoms with van der Waals surface area (Å²) >= 11 is 1.59. The number of amides is 2. The molecule has 0 bridgehead atoms. The van der Waals surface area contributed by atoms with Crippen molar-refractivity contribution < 1.29 is 14.6 Å². The van der Waals surface area contributed by atoms with E-state index in [4.69, 9.17) is 4.74 Å². The largest absolute Gasteiger partial charge is 0.497 e. The first kappa shape index (κ1) is 17.3. The van der Waals surface area contributed by atoms with E-state index in [-0.39, 0.29) is 12.6 Å². The molecule has 0 aliphatic rings. The Hall–Kier alpha value is -2.05. The van der Waals surface area contributed by atoms with Crippen LogP contribution in [0.4, 0.5) is 4.79 Å². The summed E-state index contributed by atoms with van der Waals surface area (Å²) in [6, 6.07) is 11.1. The minimum atomic E-state index is -1.02. The van der Waals surface area contributed by atoms with E-state index >= 15 is 0 Å². The predicted molar refractivity (Wildman–Crippen MR) is 91.9 cm³/mol. The maximum atomic E-state index is 11.8. The molecule has 6 heteroatoms. The summed E-state index contributed by atoms with van der Waals surface area (Å²) < 4.78 is 5.11. The first-order valence-electron chi connectivity index (χ1n) is 7.38. The number of carbonyl (C=O) groups is 1. The molecule has 3 N–H and O–H groups in total. The molecule has 0 aliphatic heterocycles. The predicted octanol–water partition coefficient (Wildman–Crippen LogP) is 2.55. The highest BCUT2D eigenvalue weighted by atomic mass is 32.1. The molecule has 0 spiro atoms. The fourth-order valence-electron chi connectivity index (χ4n) is 2.16. The zero-order chi connectivity index (χ0) is 16.7. The van der Waals surface area contributed by atoms with Crippen LogP contribution in [0, 0.1) is 0 Å². The summed E-state index contributed by atoms with van der Waals surface area (Å²) in [6.45, 7) is 2.37. The molecular formula is C17H22N2O3S. The third-order valence-corrected chi connectivity index (χ3v) is 4.25. The zero-order valence-electron chi connectivity index (χ0n) is 13.3. The van der Waals surface area contributed by atoms with Crippen molar-refractivity contribution in [3.8, 4) is 5.75 Å². The molecule has 1 atom stereocenters. The lowest BCUT2D eigenvalue weighted by Gasteiger charge is -2.24. The molecule has 2 amide bonds. The first-order valence-corrected chi connectivity index (χ1v) is 8.26. The highest BCUT2D eigenvalue weighted by molar-refractivity contribution is 7.09. The molecule has 5 nitrogen and oxygen atoms in total. The van der Waals surface area contributed by atoms with Crippen LogP contribution in [0.3, 0.4) is 0 Å². The van der Waals surface area contributed by atoms with Crippen LogP contribution in [-0.4, -0.2) is 30.4 Å². The van der Waals surface area contributed by atoms with Crippen molar-refractivity contribution in [1.29, 1.82) is 0 Å². The lowest BCUT2D eigenvalue weighted by Crippen LogP contribution is -2.45. The van der Waals surface area contributed by atoms with Gasteiger partial charge in [0.05, 0.1) is 19.3 Å². The number of hydrogen-bond donors (Lipinski definition) is 3. The number of hydrogen-bond acceptors (Lipinski definition) is 4. The average molecular weight is 334 g/mol. The van der Waals surface area contributed by atoms with Crippen LogP contribution >= 0.6 is 11.3 Å². The summed E-state index contributed by atoms with van der Waals surface area (Å²) in [6.07, 6.45) is 0.447. The standard InChI is InChI=1S/C17H22N2O3S/c1-17(21,10-13-5-7-14(22-2)8-6-13)12-19-16(20)18-11-15-4-3-9-23-15/h3-9,21H,10-12H2,1-2H3,(H2,18,19,20)/t17-/m1/s1. The average Bonchev–Trinajstić information content (AvgIpc) is 3.05. The summed E-state index contributed by atoms with van der Waals surface area (Å²) in [7, 11) is 1.61. The van der Waals surface area contributed by atoms with Gasteiger partial charge in [0.1, 0.15) is 5.75 Å². The number of nitrogens with one attached hydrogen (secondary N) is 2. The SMILES string of the molecule is COc1ccc(C[C@@](C)(O)CNC(=O)NCc2cccs2)cc1. The molecular weight excluding hydrogens is 312 g/mol. The zero-order valence-corrected chi connectivity index (χ0v) is 14.2. The number of carbonyl (C=O) groups excluding carboxylic acids is 1. The van der Waals surface area contributed by atoms with Gasteiger partial charge in [-0.3, -0.25) is 0 Å². The van der Waals surface area contributed by atoms with Gasteiger partial charge in [-0.25, -0.2) is 4.79 Å². The molecule has 0 unspecified atom stereocenters. The van der Waals surface area contributed by atoms with Crippen molar-refractivity contribution >= 4 is 17.4 Å². The van der Waals surface area contributed by atoms with Gasteiger partial charge in [0.15, 0.2) is 0 Å². The fraction of sp³-hybridized carbons (Fsp3) is 0.353. The van der Waals surface area contributed by atoms with Crippen LogP contribution in [0.1, 0.15) is 17.4 Å². The molecule has 1 aromatic carbocycles. The number of thiophene rings is 1. The molecule has 2 rings (SSSR count). The van der Waals surface area contributed by atoms with Crippen molar-refractivity contribution in [2.45, 2.75) is 25.5 Å². The Morgan fingerprint density at radius 1 is 1.26 bits per heavy atom. The Kier molecular flexibility index (Phi) is 6.01. The van der Waals surface area contributed by atoms with E-state index in [2.05, 4.69) is 10.6 Å². The molecule has 1 aromatic heterocycles. The molecule has 0 radical (unpaired) electrons. The summed E-state index contributed by atoms with van der Waals surface area (Å²) in [5, 5.41) is 17.9. The number of ether oxygens (including phenoxy) is 1. The van der Waals surface area contributed by atoms with Gasteiger partial charge in [0, 0.05) is 17.8 Å². The van der Waals surface area contributed by atoms with Crippen molar-refractivity contribution in [2.24, 2.45) is 0 Å². The van der Waals surface area contributed by atoms with E-state index in [1.54, 1.807) is 25.4 Å². The molecule has 0 saturated heterocycles. The van der Waals surface area contributed by atoms with Crippen LogP contribution in [0.5, 0.6) is 5.75 Å². The van der Waals surface area contributed by atoms with Gasteiger partial charge in [0.25, 0.3) is 0 Å². The highest BCUT2D eigenvalue weighted by Crippen LogP contribution is 2.16. The van der Waals surface area contributed by atoms with E-state index < -0.39 is 5.60 Å². The second-order valence-corrected chi connectivity index (χ2v) is 6.67. The van der Waals surface area contributed by atoms with E-state index in [9.17, 15) is 9.90 Å². The van der Waals surface area contributed by atoms with Gasteiger partial charge >= 0.3 is 6.03 Å². The van der Waals surface area contributed by atoms with Crippen molar-refractivity contribution in [1.82, 2.24) is 10.6 Å². The topological polar surface area (TPSA) is 70.6 Å². The third kappa shape index (κ3) is 5.92. The Labute approximate surface area is 140 Å². The molecule has 2 aromatic rings. The molecule has 0 fully saturated rings. The summed E-state index contributed by atoms with van der Waals surface area (Å²) in [5.41, 5.74) is -0.0360. The van der Waals surface area contributed by atoms with Gasteiger partial charge in [-0.2, -0.15) is 0 Å². The highest BCUT2D eigenvalue weighted by Gasteiger charge is 2.21. The van der Waals surface area contributed by atoms with Gasteiger partial charge in [-0.1, -0.05) is 18.2 Å². The number of rotatable bonds is 7. The van der Waals surface area contributed by atoms with Crippen LogP contribution in [0.25, 0.3) is 0 Å². The molecule has 1 heterocycles. The Bertz CT molecular complexity index is 609. The minimum Gasteiger partial charge on any atom is -0.497 e. The van der Waals surface area contributed by atoms with Crippen molar-refractivity contribution in [3.63, 3.8) is 0 Å². The molecule has 0 aliphatic carbocycles. The van der Waals surface area contributed by atoms with Crippen LogP contribution in [0.15, 0.2) is 41.8 Å². The number of urea groups is 1. The van der Waals surface area contributed by atoms with Gasteiger partial charge < -0.3 is 20.5 Å². The van der Waals surface area contributed by atoms with E-state index in [0.717, 1.165) is 16.2 Å². The Morgan fingerprint density at radius 3 is 2.61 bits per heavy atom. The second kappa shape index (κ2) is 7.99. The normalized spacial score (nSPS) is 13.2. The minimum absolute atomic E-state index is 0.176. The first-order chi connectivity index (χ1) is 11.0. The van der Waals surface area contributed by atoms with Gasteiger partial charge in [-0.05, 0) is 36.1 Å². The van der Waals surface area contributed by atoms with Crippen LogP contribution < -0.4 is 15.4 Å². The molecule has 23 heavy (non-hydrogen) atoms. The fourth-order valence-corrected chi connectivity index (χ4v) is 2.80. The van der Waals surface area contributed by atoms with Crippen molar-refractivity contribution in [2.75, 3.05) is 13.7 Å². The number of methoxy groups -OCH3 is 1. The van der Waals surface area contributed by atoms with Crippen LogP contribution in [-0.2, 0) is 13.0 Å². The van der Waals surface area contributed by atoms with Gasteiger partial charge in [0.2, 0.25) is 0 Å². The third-order valence-electron chi connectivity index (χ3n) is 3.38. The van der Waals surface area contributed by atoms with Gasteiger partial charge in [-0.15, -0.1) is 11.3 Å². The van der Waals surface area contributed by atoms with E-state index in [0.29, 0.717) is 13.0 Å². The van der Waals surface area contributed by atoms with E-state index in [1.165, 1.54) is 0 Å². The lowest BCUT2D eigenvalue weighted by atomic mass is 9.96. The Morgan fingerprint density at radius 2 is 2.00 bits per heavy atom. The number of aliphatic hydroxyl groups is 1. The monoisotopic (exact) mass is 334 g/mol. The molecule has 124 valence electrons.